The zero-order chi connectivity index (χ0) is 16.5. The van der Waals surface area contributed by atoms with Crippen LogP contribution in [0.25, 0.3) is 11.5 Å². The first kappa shape index (κ1) is 15.1. The van der Waals surface area contributed by atoms with Crippen molar-refractivity contribution in [1.82, 2.24) is 15.2 Å². The summed E-state index contributed by atoms with van der Waals surface area (Å²) in [6, 6.07) is 11.9. The lowest BCUT2D eigenvalue weighted by Gasteiger charge is -2.16. The molecule has 2 aromatic heterocycles. The van der Waals surface area contributed by atoms with E-state index < -0.39 is 0 Å². The summed E-state index contributed by atoms with van der Waals surface area (Å²) < 4.78 is 5.63. The van der Waals surface area contributed by atoms with Crippen LogP contribution in [-0.4, -0.2) is 28.3 Å². The van der Waals surface area contributed by atoms with E-state index in [2.05, 4.69) is 26.1 Å². The number of benzene rings is 1. The SMILES string of the molecule is Cc1ccc(-c2cnnc(N3CC[C@H](c4cccc(Cl)c4)C3)n2)o1. The molecule has 4 rings (SSSR count). The predicted molar refractivity (Wildman–Crippen MR) is 93.3 cm³/mol. The van der Waals surface area contributed by atoms with E-state index in [-0.39, 0.29) is 0 Å². The molecule has 0 aliphatic carbocycles. The monoisotopic (exact) mass is 340 g/mol. The summed E-state index contributed by atoms with van der Waals surface area (Å²) >= 11 is 6.11. The molecule has 24 heavy (non-hydrogen) atoms. The molecule has 3 aromatic rings. The molecule has 0 unspecified atom stereocenters. The summed E-state index contributed by atoms with van der Waals surface area (Å²) in [5.41, 5.74) is 1.97. The fourth-order valence-corrected chi connectivity index (χ4v) is 3.29. The highest BCUT2D eigenvalue weighted by molar-refractivity contribution is 6.30. The summed E-state index contributed by atoms with van der Waals surface area (Å²) in [6.45, 7) is 3.68. The van der Waals surface area contributed by atoms with Crippen molar-refractivity contribution in [2.75, 3.05) is 18.0 Å². The maximum absolute atomic E-state index is 6.11. The van der Waals surface area contributed by atoms with Gasteiger partial charge in [-0.2, -0.15) is 5.10 Å². The van der Waals surface area contributed by atoms with E-state index in [0.29, 0.717) is 23.3 Å². The van der Waals surface area contributed by atoms with Gasteiger partial charge in [0.15, 0.2) is 5.76 Å². The first-order valence-electron chi connectivity index (χ1n) is 7.96. The van der Waals surface area contributed by atoms with Crippen LogP contribution in [0.3, 0.4) is 0 Å². The van der Waals surface area contributed by atoms with Crippen LogP contribution in [-0.2, 0) is 0 Å². The van der Waals surface area contributed by atoms with Gasteiger partial charge < -0.3 is 9.32 Å². The van der Waals surface area contributed by atoms with E-state index in [0.717, 1.165) is 30.3 Å². The number of furan rings is 1. The Morgan fingerprint density at radius 1 is 1.25 bits per heavy atom. The second kappa shape index (κ2) is 6.24. The fraction of sp³-hybridized carbons (Fsp3) is 0.278. The third kappa shape index (κ3) is 2.99. The van der Waals surface area contributed by atoms with Crippen LogP contribution in [0.5, 0.6) is 0 Å². The van der Waals surface area contributed by atoms with Gasteiger partial charge in [-0.05, 0) is 43.2 Å². The highest BCUT2D eigenvalue weighted by atomic mass is 35.5. The number of anilines is 1. The number of hydrogen-bond acceptors (Lipinski definition) is 5. The number of halogens is 1. The van der Waals surface area contributed by atoms with Crippen molar-refractivity contribution in [1.29, 1.82) is 0 Å². The first-order chi connectivity index (χ1) is 11.7. The molecule has 122 valence electrons. The largest absolute Gasteiger partial charge is 0.460 e. The van der Waals surface area contributed by atoms with Gasteiger partial charge in [0.2, 0.25) is 5.95 Å². The topological polar surface area (TPSA) is 55.1 Å². The van der Waals surface area contributed by atoms with E-state index in [4.69, 9.17) is 16.0 Å². The van der Waals surface area contributed by atoms with E-state index in [1.54, 1.807) is 6.20 Å². The maximum atomic E-state index is 6.11. The fourth-order valence-electron chi connectivity index (χ4n) is 3.09. The van der Waals surface area contributed by atoms with Crippen molar-refractivity contribution in [3.63, 3.8) is 0 Å². The predicted octanol–water partition coefficient (Wildman–Crippen LogP) is 4.09. The number of aromatic nitrogens is 3. The Hall–Kier alpha value is -2.40. The van der Waals surface area contributed by atoms with Gasteiger partial charge in [0, 0.05) is 24.0 Å². The zero-order valence-electron chi connectivity index (χ0n) is 13.3. The second-order valence-corrected chi connectivity index (χ2v) is 6.47. The second-order valence-electron chi connectivity index (χ2n) is 6.04. The van der Waals surface area contributed by atoms with Crippen LogP contribution in [0, 0.1) is 6.92 Å². The summed E-state index contributed by atoms with van der Waals surface area (Å²) in [7, 11) is 0. The van der Waals surface area contributed by atoms with Crippen molar-refractivity contribution < 1.29 is 4.42 Å². The summed E-state index contributed by atoms with van der Waals surface area (Å²) in [4.78, 5) is 6.78. The summed E-state index contributed by atoms with van der Waals surface area (Å²) in [5, 5.41) is 9.06. The van der Waals surface area contributed by atoms with Gasteiger partial charge in [0.1, 0.15) is 11.5 Å². The van der Waals surface area contributed by atoms with Crippen LogP contribution in [0.4, 0.5) is 5.95 Å². The first-order valence-corrected chi connectivity index (χ1v) is 8.34. The van der Waals surface area contributed by atoms with Gasteiger partial charge in [0.25, 0.3) is 0 Å². The van der Waals surface area contributed by atoms with E-state index in [9.17, 15) is 0 Å². The quantitative estimate of drug-likeness (QED) is 0.718. The van der Waals surface area contributed by atoms with E-state index in [1.807, 2.05) is 37.3 Å². The Labute approximate surface area is 145 Å². The summed E-state index contributed by atoms with van der Waals surface area (Å²) in [6.07, 6.45) is 2.68. The van der Waals surface area contributed by atoms with Crippen molar-refractivity contribution >= 4 is 17.5 Å². The molecule has 1 atom stereocenters. The molecule has 1 aliphatic heterocycles. The molecule has 3 heterocycles. The van der Waals surface area contributed by atoms with E-state index in [1.165, 1.54) is 5.56 Å². The molecule has 6 heteroatoms. The lowest BCUT2D eigenvalue weighted by atomic mass is 9.99. The molecule has 0 spiro atoms. The Kier molecular flexibility index (Phi) is 3.94. The van der Waals surface area contributed by atoms with E-state index >= 15 is 0 Å². The molecular weight excluding hydrogens is 324 g/mol. The molecule has 1 aromatic carbocycles. The van der Waals surface area contributed by atoms with Crippen LogP contribution < -0.4 is 4.90 Å². The molecule has 1 saturated heterocycles. The molecule has 1 aliphatic rings. The highest BCUT2D eigenvalue weighted by Crippen LogP contribution is 2.31. The van der Waals surface area contributed by atoms with Crippen LogP contribution in [0.15, 0.2) is 47.0 Å². The Bertz CT molecular complexity index is 863. The average molecular weight is 341 g/mol. The van der Waals surface area contributed by atoms with Crippen LogP contribution >= 0.6 is 11.6 Å². The molecule has 5 nitrogen and oxygen atoms in total. The average Bonchev–Trinajstić information content (AvgIpc) is 3.24. The molecule has 0 saturated carbocycles. The van der Waals surface area contributed by atoms with Crippen LogP contribution in [0.1, 0.15) is 23.7 Å². The van der Waals surface area contributed by atoms with Gasteiger partial charge >= 0.3 is 0 Å². The number of aryl methyl sites for hydroxylation is 1. The van der Waals surface area contributed by atoms with Crippen LogP contribution in [0.2, 0.25) is 5.02 Å². The third-order valence-electron chi connectivity index (χ3n) is 4.33. The minimum Gasteiger partial charge on any atom is -0.460 e. The molecular formula is C18H17ClN4O. The normalized spacial score (nSPS) is 17.4. The molecule has 0 N–H and O–H groups in total. The molecule has 0 radical (unpaired) electrons. The van der Waals surface area contributed by atoms with Gasteiger partial charge in [-0.3, -0.25) is 0 Å². The lowest BCUT2D eigenvalue weighted by Crippen LogP contribution is -2.22. The van der Waals surface area contributed by atoms with Crippen molar-refractivity contribution in [3.8, 4) is 11.5 Å². The number of nitrogens with zero attached hydrogens (tertiary/aromatic N) is 4. The molecule has 1 fully saturated rings. The Balaban J connectivity index is 1.55. The van der Waals surface area contributed by atoms with Gasteiger partial charge in [-0.25, -0.2) is 4.98 Å². The minimum atomic E-state index is 0.432. The number of rotatable bonds is 3. The maximum Gasteiger partial charge on any atom is 0.246 e. The summed E-state index contributed by atoms with van der Waals surface area (Å²) in [5.74, 6) is 2.65. The highest BCUT2D eigenvalue weighted by Gasteiger charge is 2.26. The standard InChI is InChI=1S/C18H17ClN4O/c1-12-5-6-17(24-12)16-10-20-22-18(21-16)23-8-7-14(11-23)13-3-2-4-15(19)9-13/h2-6,9-10,14H,7-8,11H2,1H3/t14-/m0/s1. The van der Waals surface area contributed by atoms with Crippen molar-refractivity contribution in [3.05, 3.63) is 58.9 Å². The van der Waals surface area contributed by atoms with Gasteiger partial charge in [-0.1, -0.05) is 23.7 Å². The van der Waals surface area contributed by atoms with Crippen molar-refractivity contribution in [2.24, 2.45) is 0 Å². The number of hydrogen-bond donors (Lipinski definition) is 0. The Morgan fingerprint density at radius 2 is 2.17 bits per heavy atom. The lowest BCUT2D eigenvalue weighted by molar-refractivity contribution is 0.545. The molecule has 0 amide bonds. The molecule has 0 bridgehead atoms. The smallest absolute Gasteiger partial charge is 0.246 e. The third-order valence-corrected chi connectivity index (χ3v) is 4.57. The van der Waals surface area contributed by atoms with Gasteiger partial charge in [0.05, 0.1) is 6.20 Å². The zero-order valence-corrected chi connectivity index (χ0v) is 14.1. The van der Waals surface area contributed by atoms with Gasteiger partial charge in [-0.15, -0.1) is 5.10 Å². The minimum absolute atomic E-state index is 0.432. The Morgan fingerprint density at radius 3 is 2.96 bits per heavy atom. The van der Waals surface area contributed by atoms with Crippen molar-refractivity contribution in [2.45, 2.75) is 19.3 Å².